The lowest BCUT2D eigenvalue weighted by atomic mass is 10.2. The van der Waals surface area contributed by atoms with Crippen LogP contribution in [0.25, 0.3) is 6.08 Å². The molecule has 1 aliphatic rings. The maximum absolute atomic E-state index is 12.5. The van der Waals surface area contributed by atoms with Crippen molar-refractivity contribution in [2.75, 3.05) is 19.0 Å². The zero-order valence-corrected chi connectivity index (χ0v) is 18.5. The lowest BCUT2D eigenvalue weighted by Crippen LogP contribution is -2.34. The van der Waals surface area contributed by atoms with Gasteiger partial charge in [-0.1, -0.05) is 42.2 Å². The van der Waals surface area contributed by atoms with Crippen molar-refractivity contribution in [1.29, 1.82) is 0 Å². The van der Waals surface area contributed by atoms with Crippen LogP contribution in [0, 0.1) is 0 Å². The molecule has 0 spiro atoms. The van der Waals surface area contributed by atoms with Gasteiger partial charge in [-0.05, 0) is 49.8 Å². The molecule has 3 rings (SSSR count). The van der Waals surface area contributed by atoms with Crippen LogP contribution in [0.3, 0.4) is 0 Å². The fourth-order valence-corrected chi connectivity index (χ4v) is 4.34. The van der Waals surface area contributed by atoms with Gasteiger partial charge in [0.15, 0.2) is 6.61 Å². The zero-order chi connectivity index (χ0) is 21.7. The van der Waals surface area contributed by atoms with E-state index in [2.05, 4.69) is 5.32 Å². The van der Waals surface area contributed by atoms with Crippen molar-refractivity contribution >= 4 is 51.9 Å². The largest absolute Gasteiger partial charge is 0.497 e. The Morgan fingerprint density at radius 2 is 1.93 bits per heavy atom. The fraction of sp³-hybridized carbons (Fsp3) is 0.227. The standard InChI is InChI=1S/C22H22N2O4S2/c1-14(2)24-21(26)19(30-22(24)29)11-15-6-4-9-18(10-15)28-13-20(25)23-16-7-5-8-17(12-16)27-3/h4-12,14H,13H2,1-3H3,(H,23,25)/b19-11-. The van der Waals surface area contributed by atoms with Gasteiger partial charge in [-0.3, -0.25) is 14.5 Å². The Bertz CT molecular complexity index is 1000. The van der Waals surface area contributed by atoms with E-state index < -0.39 is 0 Å². The first kappa shape index (κ1) is 21.9. The summed E-state index contributed by atoms with van der Waals surface area (Å²) in [6.45, 7) is 3.72. The molecule has 6 nitrogen and oxygen atoms in total. The third-order valence-electron chi connectivity index (χ3n) is 4.22. The van der Waals surface area contributed by atoms with Crippen molar-refractivity contribution in [3.63, 3.8) is 0 Å². The van der Waals surface area contributed by atoms with Crippen LogP contribution >= 0.6 is 24.0 Å². The van der Waals surface area contributed by atoms with Crippen LogP contribution < -0.4 is 14.8 Å². The minimum Gasteiger partial charge on any atom is -0.497 e. The molecule has 30 heavy (non-hydrogen) atoms. The van der Waals surface area contributed by atoms with Crippen molar-refractivity contribution in [2.45, 2.75) is 19.9 Å². The van der Waals surface area contributed by atoms with Crippen LogP contribution in [0.2, 0.25) is 0 Å². The molecule has 1 saturated heterocycles. The van der Waals surface area contributed by atoms with E-state index in [0.717, 1.165) is 5.56 Å². The van der Waals surface area contributed by atoms with E-state index in [1.165, 1.54) is 11.8 Å². The van der Waals surface area contributed by atoms with Gasteiger partial charge in [0, 0.05) is 17.8 Å². The van der Waals surface area contributed by atoms with E-state index in [1.807, 2.05) is 26.0 Å². The summed E-state index contributed by atoms with van der Waals surface area (Å²) < 4.78 is 11.3. The highest BCUT2D eigenvalue weighted by atomic mass is 32.2. The van der Waals surface area contributed by atoms with E-state index in [1.54, 1.807) is 54.5 Å². The monoisotopic (exact) mass is 442 g/mol. The third-order valence-corrected chi connectivity index (χ3v) is 5.55. The molecule has 2 aromatic carbocycles. The molecular formula is C22H22N2O4S2. The van der Waals surface area contributed by atoms with Crippen molar-refractivity contribution in [2.24, 2.45) is 0 Å². The summed E-state index contributed by atoms with van der Waals surface area (Å²) in [7, 11) is 1.57. The van der Waals surface area contributed by atoms with Crippen molar-refractivity contribution in [1.82, 2.24) is 4.90 Å². The predicted octanol–water partition coefficient (Wildman–Crippen LogP) is 4.32. The van der Waals surface area contributed by atoms with Crippen LogP contribution in [0.5, 0.6) is 11.5 Å². The number of carbonyl (C=O) groups is 2. The molecule has 2 aromatic rings. The average molecular weight is 443 g/mol. The number of thiocarbonyl (C=S) groups is 1. The third kappa shape index (κ3) is 5.40. The smallest absolute Gasteiger partial charge is 0.266 e. The number of hydrogen-bond donors (Lipinski definition) is 1. The number of nitrogens with one attached hydrogen (secondary N) is 1. The highest BCUT2D eigenvalue weighted by Crippen LogP contribution is 2.34. The molecule has 0 atom stereocenters. The van der Waals surface area contributed by atoms with Crippen LogP contribution in [-0.4, -0.2) is 40.8 Å². The fourth-order valence-electron chi connectivity index (χ4n) is 2.82. The zero-order valence-electron chi connectivity index (χ0n) is 16.9. The maximum atomic E-state index is 12.5. The number of hydrogen-bond acceptors (Lipinski definition) is 6. The van der Waals surface area contributed by atoms with Gasteiger partial charge in [-0.25, -0.2) is 0 Å². The van der Waals surface area contributed by atoms with Crippen LogP contribution in [0.1, 0.15) is 19.4 Å². The van der Waals surface area contributed by atoms with E-state index in [9.17, 15) is 9.59 Å². The molecule has 0 bridgehead atoms. The topological polar surface area (TPSA) is 67.9 Å². The normalized spacial score (nSPS) is 15.1. The SMILES string of the molecule is COc1cccc(NC(=O)COc2cccc(/C=C3\SC(=S)N(C(C)C)C3=O)c2)c1. The minimum atomic E-state index is -0.286. The number of rotatable bonds is 7. The molecule has 156 valence electrons. The molecule has 1 fully saturated rings. The molecule has 1 N–H and O–H groups in total. The molecule has 0 radical (unpaired) electrons. The molecule has 0 aromatic heterocycles. The number of methoxy groups -OCH3 is 1. The summed E-state index contributed by atoms with van der Waals surface area (Å²) in [6, 6.07) is 14.3. The Morgan fingerprint density at radius 3 is 2.63 bits per heavy atom. The van der Waals surface area contributed by atoms with Gasteiger partial charge in [-0.2, -0.15) is 0 Å². The van der Waals surface area contributed by atoms with E-state index >= 15 is 0 Å². The van der Waals surface area contributed by atoms with E-state index in [-0.39, 0.29) is 24.5 Å². The summed E-state index contributed by atoms with van der Waals surface area (Å²) in [5, 5.41) is 2.76. The van der Waals surface area contributed by atoms with Gasteiger partial charge in [0.1, 0.15) is 15.8 Å². The number of benzene rings is 2. The summed E-state index contributed by atoms with van der Waals surface area (Å²) in [4.78, 5) is 26.9. The van der Waals surface area contributed by atoms with Crippen molar-refractivity contribution in [3.8, 4) is 11.5 Å². The van der Waals surface area contributed by atoms with Gasteiger partial charge in [0.25, 0.3) is 11.8 Å². The lowest BCUT2D eigenvalue weighted by molar-refractivity contribution is -0.123. The molecule has 1 heterocycles. The lowest BCUT2D eigenvalue weighted by Gasteiger charge is -2.18. The molecule has 0 saturated carbocycles. The Balaban J connectivity index is 1.62. The van der Waals surface area contributed by atoms with E-state index in [4.69, 9.17) is 21.7 Å². The molecule has 1 aliphatic heterocycles. The van der Waals surface area contributed by atoms with Gasteiger partial charge < -0.3 is 14.8 Å². The van der Waals surface area contributed by atoms with Gasteiger partial charge >= 0.3 is 0 Å². The summed E-state index contributed by atoms with van der Waals surface area (Å²) >= 11 is 6.59. The first-order valence-corrected chi connectivity index (χ1v) is 10.5. The maximum Gasteiger partial charge on any atom is 0.266 e. The molecule has 8 heteroatoms. The number of thioether (sulfide) groups is 1. The first-order valence-electron chi connectivity index (χ1n) is 9.31. The van der Waals surface area contributed by atoms with Crippen LogP contribution in [0.4, 0.5) is 5.69 Å². The highest BCUT2D eigenvalue weighted by molar-refractivity contribution is 8.26. The number of carbonyl (C=O) groups excluding carboxylic acids is 2. The van der Waals surface area contributed by atoms with Gasteiger partial charge in [0.2, 0.25) is 0 Å². The second-order valence-corrected chi connectivity index (χ2v) is 8.46. The number of anilines is 1. The molecule has 0 aliphatic carbocycles. The number of nitrogens with zero attached hydrogens (tertiary/aromatic N) is 1. The summed E-state index contributed by atoms with van der Waals surface area (Å²) in [5.74, 6) is 0.809. The number of ether oxygens (including phenoxy) is 2. The Labute approximate surface area is 185 Å². The summed E-state index contributed by atoms with van der Waals surface area (Å²) in [5.41, 5.74) is 1.42. The highest BCUT2D eigenvalue weighted by Gasteiger charge is 2.33. The van der Waals surface area contributed by atoms with Crippen LogP contribution in [0.15, 0.2) is 53.4 Å². The molecule has 0 unspecified atom stereocenters. The minimum absolute atomic E-state index is 0.0150. The quantitative estimate of drug-likeness (QED) is 0.509. The van der Waals surface area contributed by atoms with Crippen LogP contribution in [-0.2, 0) is 9.59 Å². The van der Waals surface area contributed by atoms with Crippen molar-refractivity contribution < 1.29 is 19.1 Å². The second kappa shape index (κ2) is 9.77. The summed E-state index contributed by atoms with van der Waals surface area (Å²) in [6.07, 6.45) is 1.78. The Kier molecular flexibility index (Phi) is 7.12. The molecule has 2 amide bonds. The van der Waals surface area contributed by atoms with E-state index in [0.29, 0.717) is 26.4 Å². The van der Waals surface area contributed by atoms with Crippen molar-refractivity contribution in [3.05, 3.63) is 59.0 Å². The average Bonchev–Trinajstić information content (AvgIpc) is 3.00. The first-order chi connectivity index (χ1) is 14.4. The molecular weight excluding hydrogens is 420 g/mol. The van der Waals surface area contributed by atoms with Gasteiger partial charge in [-0.15, -0.1) is 0 Å². The Morgan fingerprint density at radius 1 is 1.20 bits per heavy atom. The predicted molar refractivity (Wildman–Crippen MR) is 124 cm³/mol. The second-order valence-electron chi connectivity index (χ2n) is 6.79. The van der Waals surface area contributed by atoms with Gasteiger partial charge in [0.05, 0.1) is 12.0 Å². The number of amides is 2. The Hall–Kier alpha value is -2.84.